The standard InChI is InChI=1S/C35H40N4O4/c1-8-22-18(3)28-17-33-23(9-2)21(6)32(39(33)7)16-27-20(5)25(11-13-35(42)43)31(38-27)15-30-24(10-12-34(40)41)19(4)26(36-30)14-29(22)37-28/h14-17,36-38H,7-13H2,1-6H3,(H-,40,41,42,43)/p+1. The molecule has 8 bridgehead atoms. The number of nitrogens with one attached hydrogen (secondary N) is 3. The Balaban J connectivity index is 1.91. The number of aliphatic carboxylic acids is 2. The van der Waals surface area contributed by atoms with Crippen molar-refractivity contribution in [3.05, 3.63) is 88.7 Å². The fourth-order valence-corrected chi connectivity index (χ4v) is 6.60. The van der Waals surface area contributed by atoms with Gasteiger partial charge in [-0.3, -0.25) is 9.59 Å². The number of carboxylic acid groups (broad SMARTS) is 2. The Bertz CT molecular complexity index is 2010. The maximum atomic E-state index is 11.6. The van der Waals surface area contributed by atoms with Crippen LogP contribution in [0.3, 0.4) is 0 Å². The number of carbonyl (C=O) groups is 2. The van der Waals surface area contributed by atoms with Gasteiger partial charge < -0.3 is 25.2 Å². The van der Waals surface area contributed by atoms with E-state index in [0.717, 1.165) is 84.8 Å². The molecule has 0 radical (unpaired) electrons. The zero-order chi connectivity index (χ0) is 31.2. The van der Waals surface area contributed by atoms with E-state index in [1.165, 1.54) is 16.7 Å². The average Bonchev–Trinajstić information content (AvgIpc) is 3.59. The van der Waals surface area contributed by atoms with Crippen molar-refractivity contribution in [2.45, 2.75) is 80.1 Å². The van der Waals surface area contributed by atoms with E-state index in [1.54, 1.807) is 0 Å². The summed E-state index contributed by atoms with van der Waals surface area (Å²) < 4.78 is 2.00. The molecule has 224 valence electrons. The minimum atomic E-state index is -0.854. The van der Waals surface area contributed by atoms with Crippen LogP contribution in [0.4, 0.5) is 0 Å². The van der Waals surface area contributed by atoms with Crippen LogP contribution in [0.25, 0.3) is 24.3 Å². The number of rotatable bonds is 8. The Hall–Kier alpha value is -4.59. The number of nitrogens with zero attached hydrogens (tertiary/aromatic N) is 1. The molecule has 2 aliphatic heterocycles. The normalized spacial score (nSPS) is 14.4. The van der Waals surface area contributed by atoms with E-state index < -0.39 is 11.9 Å². The number of aromatic nitrogens is 3. The monoisotopic (exact) mass is 581 g/mol. The van der Waals surface area contributed by atoms with Crippen molar-refractivity contribution >= 4 is 43.0 Å². The van der Waals surface area contributed by atoms with E-state index in [0.29, 0.717) is 12.8 Å². The highest BCUT2D eigenvalue weighted by Gasteiger charge is 2.30. The highest BCUT2D eigenvalue weighted by molar-refractivity contribution is 5.70. The first-order valence-corrected chi connectivity index (χ1v) is 15.0. The number of allylic oxidation sites excluding steroid dienone is 4. The largest absolute Gasteiger partial charge is 0.481 e. The van der Waals surface area contributed by atoms with Gasteiger partial charge in [0, 0.05) is 68.9 Å². The van der Waals surface area contributed by atoms with Crippen LogP contribution in [0.1, 0.15) is 84.8 Å². The first-order valence-electron chi connectivity index (χ1n) is 15.0. The second kappa shape index (κ2) is 11.6. The van der Waals surface area contributed by atoms with Crippen molar-refractivity contribution in [1.29, 1.82) is 0 Å². The molecule has 0 spiro atoms. The zero-order valence-electron chi connectivity index (χ0n) is 25.9. The maximum Gasteiger partial charge on any atom is 0.303 e. The van der Waals surface area contributed by atoms with E-state index in [-0.39, 0.29) is 12.8 Å². The van der Waals surface area contributed by atoms with Gasteiger partial charge in [-0.1, -0.05) is 13.8 Å². The van der Waals surface area contributed by atoms with Crippen molar-refractivity contribution in [2.24, 2.45) is 0 Å². The van der Waals surface area contributed by atoms with Gasteiger partial charge in [0.2, 0.25) is 11.4 Å². The zero-order valence-corrected chi connectivity index (χ0v) is 25.9. The van der Waals surface area contributed by atoms with E-state index in [2.05, 4.69) is 67.6 Å². The first kappa shape index (κ1) is 29.9. The van der Waals surface area contributed by atoms with Crippen LogP contribution in [0.5, 0.6) is 0 Å². The fourth-order valence-electron chi connectivity index (χ4n) is 6.60. The number of H-pyrrole nitrogens is 3. The van der Waals surface area contributed by atoms with E-state index in [9.17, 15) is 19.8 Å². The van der Waals surface area contributed by atoms with Crippen molar-refractivity contribution < 1.29 is 24.4 Å². The van der Waals surface area contributed by atoms with Crippen LogP contribution in [-0.2, 0) is 28.9 Å². The predicted molar refractivity (Wildman–Crippen MR) is 170 cm³/mol. The minimum absolute atomic E-state index is 0.00549. The van der Waals surface area contributed by atoms with Crippen LogP contribution in [0, 0.1) is 20.8 Å². The van der Waals surface area contributed by atoms with Crippen molar-refractivity contribution in [3.63, 3.8) is 0 Å². The molecule has 3 aromatic rings. The van der Waals surface area contributed by atoms with Crippen molar-refractivity contribution in [3.8, 4) is 0 Å². The van der Waals surface area contributed by atoms with Crippen molar-refractivity contribution in [1.82, 2.24) is 15.0 Å². The summed E-state index contributed by atoms with van der Waals surface area (Å²) in [5.74, 6) is -1.71. The quantitative estimate of drug-likeness (QED) is 0.262. The van der Waals surface area contributed by atoms with Gasteiger partial charge in [-0.25, -0.2) is 0 Å². The molecule has 0 aliphatic carbocycles. The van der Waals surface area contributed by atoms with Gasteiger partial charge in [-0.15, -0.1) is 0 Å². The lowest BCUT2D eigenvalue weighted by Gasteiger charge is -2.01. The molecule has 0 saturated carbocycles. The molecule has 0 aromatic carbocycles. The predicted octanol–water partition coefficient (Wildman–Crippen LogP) is 3.09. The Labute approximate surface area is 250 Å². The van der Waals surface area contributed by atoms with Crippen LogP contribution in [0.15, 0.2) is 22.5 Å². The molecule has 0 fully saturated rings. The summed E-state index contributed by atoms with van der Waals surface area (Å²) in [7, 11) is 0. The minimum Gasteiger partial charge on any atom is -0.481 e. The van der Waals surface area contributed by atoms with Crippen molar-refractivity contribution in [2.75, 3.05) is 0 Å². The highest BCUT2D eigenvalue weighted by Crippen LogP contribution is 2.32. The van der Waals surface area contributed by atoms with Gasteiger partial charge in [0.15, 0.2) is 0 Å². The van der Waals surface area contributed by atoms with E-state index >= 15 is 0 Å². The summed E-state index contributed by atoms with van der Waals surface area (Å²) in [6, 6.07) is 0. The molecule has 0 saturated heterocycles. The van der Waals surface area contributed by atoms with E-state index in [4.69, 9.17) is 0 Å². The Morgan fingerprint density at radius 2 is 1.21 bits per heavy atom. The van der Waals surface area contributed by atoms with Crippen LogP contribution in [0.2, 0.25) is 0 Å². The second-order valence-corrected chi connectivity index (χ2v) is 11.5. The van der Waals surface area contributed by atoms with Gasteiger partial charge >= 0.3 is 11.9 Å². The van der Waals surface area contributed by atoms with Crippen LogP contribution >= 0.6 is 0 Å². The van der Waals surface area contributed by atoms with E-state index in [1.807, 2.05) is 24.5 Å². The molecule has 8 heteroatoms. The van der Waals surface area contributed by atoms with Gasteiger partial charge in [-0.2, -0.15) is 4.58 Å². The smallest absolute Gasteiger partial charge is 0.303 e. The Morgan fingerprint density at radius 3 is 1.79 bits per heavy atom. The molecular weight excluding hydrogens is 540 g/mol. The Morgan fingerprint density at radius 1 is 0.674 bits per heavy atom. The lowest BCUT2D eigenvalue weighted by molar-refractivity contribution is -0.391. The molecule has 3 aromatic heterocycles. The molecular formula is C35H41N4O4+. The number of aromatic amines is 3. The van der Waals surface area contributed by atoms with Gasteiger partial charge in [0.1, 0.15) is 6.72 Å². The van der Waals surface area contributed by atoms with Crippen LogP contribution < -0.4 is 21.4 Å². The third-order valence-electron chi connectivity index (χ3n) is 9.11. The average molecular weight is 582 g/mol. The molecule has 5 N–H and O–H groups in total. The molecule has 5 rings (SSSR count). The molecule has 0 atom stereocenters. The third-order valence-corrected chi connectivity index (χ3v) is 9.11. The van der Waals surface area contributed by atoms with Gasteiger partial charge in [-0.05, 0) is 98.9 Å². The SMILES string of the molecule is C=[N+]1C2=C(C)C(CC)=C1C=c1[nH]c(c(CC)c1C)=Cc1[nH]c(c(CCC(=O)O)c1C)C=c1[nH]c(c(C)c1CCC(=O)O)=C2. The van der Waals surface area contributed by atoms with Crippen LogP contribution in [-0.4, -0.2) is 48.4 Å². The Kier molecular flexibility index (Phi) is 8.06. The lowest BCUT2D eigenvalue weighted by atomic mass is 10.0. The molecule has 2 aliphatic rings. The summed E-state index contributed by atoms with van der Waals surface area (Å²) in [6.45, 7) is 17.1. The lowest BCUT2D eigenvalue weighted by Crippen LogP contribution is -2.16. The molecule has 5 heterocycles. The molecule has 8 nitrogen and oxygen atoms in total. The topological polar surface area (TPSA) is 125 Å². The van der Waals surface area contributed by atoms with Gasteiger partial charge in [0.25, 0.3) is 0 Å². The molecule has 43 heavy (non-hydrogen) atoms. The highest BCUT2D eigenvalue weighted by atomic mass is 16.4. The number of hydrogen-bond donors (Lipinski definition) is 5. The summed E-state index contributed by atoms with van der Waals surface area (Å²) in [5, 5.41) is 22.8. The number of hydrogen-bond acceptors (Lipinski definition) is 2. The fraction of sp³-hybridized carbons (Fsp3) is 0.343. The van der Waals surface area contributed by atoms with Gasteiger partial charge in [0.05, 0.1) is 0 Å². The summed E-state index contributed by atoms with van der Waals surface area (Å²) in [6.07, 6.45) is 10.9. The summed E-state index contributed by atoms with van der Waals surface area (Å²) >= 11 is 0. The molecule has 0 unspecified atom stereocenters. The maximum absolute atomic E-state index is 11.6. The summed E-state index contributed by atoms with van der Waals surface area (Å²) in [5.41, 5.74) is 12.4. The number of fused-ring (bicyclic) bond motifs is 8. The third kappa shape index (κ3) is 5.38. The molecule has 0 amide bonds. The first-order chi connectivity index (χ1) is 20.4. The summed E-state index contributed by atoms with van der Waals surface area (Å²) in [4.78, 5) is 34.0. The number of carboxylic acids is 2. The second-order valence-electron chi connectivity index (χ2n) is 11.5.